The van der Waals surface area contributed by atoms with Gasteiger partial charge in [0, 0.05) is 29.5 Å². The van der Waals surface area contributed by atoms with Gasteiger partial charge in [-0.2, -0.15) is 0 Å². The first-order valence-corrected chi connectivity index (χ1v) is 10.8. The predicted octanol–water partition coefficient (Wildman–Crippen LogP) is 5.85. The van der Waals surface area contributed by atoms with Gasteiger partial charge >= 0.3 is 6.09 Å². The van der Waals surface area contributed by atoms with Gasteiger partial charge < -0.3 is 20.5 Å². The molecule has 0 heterocycles. The Hall–Kier alpha value is -3.45. The molecule has 33 heavy (non-hydrogen) atoms. The largest absolute Gasteiger partial charge is 0.472 e. The van der Waals surface area contributed by atoms with Gasteiger partial charge in [0.05, 0.1) is 11.4 Å². The highest BCUT2D eigenvalue weighted by molar-refractivity contribution is 6.31. The first kappa shape index (κ1) is 25.8. The molecule has 0 radical (unpaired) electrons. The maximum absolute atomic E-state index is 11.9. The highest BCUT2D eigenvalue weighted by Gasteiger charge is 2.16. The van der Waals surface area contributed by atoms with Gasteiger partial charge in [-0.05, 0) is 58.0 Å². The van der Waals surface area contributed by atoms with E-state index in [0.717, 1.165) is 11.1 Å². The molecule has 7 nitrogen and oxygen atoms in total. The molecule has 1 unspecified atom stereocenters. The van der Waals surface area contributed by atoms with Crippen molar-refractivity contribution in [1.82, 2.24) is 5.32 Å². The summed E-state index contributed by atoms with van der Waals surface area (Å²) in [6.07, 6.45) is 0.731. The molecule has 176 valence electrons. The summed E-state index contributed by atoms with van der Waals surface area (Å²) >= 11 is 6.25. The van der Waals surface area contributed by atoms with E-state index in [0.29, 0.717) is 28.0 Å². The van der Waals surface area contributed by atoms with Crippen LogP contribution in [0.3, 0.4) is 0 Å². The second kappa shape index (κ2) is 11.4. The fourth-order valence-electron chi connectivity index (χ4n) is 2.87. The molecule has 4 N–H and O–H groups in total. The lowest BCUT2D eigenvalue weighted by Gasteiger charge is -2.20. The molecular formula is C25H31ClN4O3. The molecule has 2 aromatic rings. The maximum atomic E-state index is 11.9. The number of halogens is 1. The van der Waals surface area contributed by atoms with Crippen molar-refractivity contribution in [3.63, 3.8) is 0 Å². The summed E-state index contributed by atoms with van der Waals surface area (Å²) in [5, 5.41) is 6.37. The summed E-state index contributed by atoms with van der Waals surface area (Å²) in [4.78, 5) is 16.0. The van der Waals surface area contributed by atoms with Crippen LogP contribution in [0.1, 0.15) is 44.9 Å². The number of aliphatic imine (C=N–C) groups is 1. The molecule has 0 fully saturated rings. The van der Waals surface area contributed by atoms with Crippen LogP contribution in [0.4, 0.5) is 10.5 Å². The van der Waals surface area contributed by atoms with Crippen molar-refractivity contribution < 1.29 is 14.3 Å². The van der Waals surface area contributed by atoms with Gasteiger partial charge in [-0.25, -0.2) is 4.79 Å². The number of hydrogen-bond donors (Lipinski definition) is 3. The summed E-state index contributed by atoms with van der Waals surface area (Å²) in [5.74, 6) is 0.295. The fraction of sp³-hybridized carbons (Fsp3) is 0.280. The van der Waals surface area contributed by atoms with Crippen LogP contribution < -0.4 is 16.4 Å². The number of ether oxygens (including phenoxy) is 2. The molecule has 0 aliphatic rings. The van der Waals surface area contributed by atoms with Crippen molar-refractivity contribution >= 4 is 35.3 Å². The van der Waals surface area contributed by atoms with Crippen molar-refractivity contribution in [2.75, 3.05) is 12.4 Å². The Kier molecular flexibility index (Phi) is 8.94. The Balaban J connectivity index is 2.12. The monoisotopic (exact) mass is 470 g/mol. The van der Waals surface area contributed by atoms with Gasteiger partial charge in [-0.3, -0.25) is 10.3 Å². The third-order valence-electron chi connectivity index (χ3n) is 4.33. The highest BCUT2D eigenvalue weighted by atomic mass is 35.5. The normalized spacial score (nSPS) is 13.2. The van der Waals surface area contributed by atoms with E-state index in [1.807, 2.05) is 25.1 Å². The van der Waals surface area contributed by atoms with Crippen LogP contribution in [0.25, 0.3) is 5.70 Å². The van der Waals surface area contributed by atoms with Crippen LogP contribution in [0.15, 0.2) is 71.7 Å². The number of benzene rings is 2. The van der Waals surface area contributed by atoms with Crippen molar-refractivity contribution in [2.24, 2.45) is 10.7 Å². The van der Waals surface area contributed by atoms with Gasteiger partial charge in [-0.15, -0.1) is 0 Å². The number of amides is 1. The standard InChI is InChI=1S/C25H31ClN4O3/c1-16(20-9-7-8-10-21(20)26)32-17(2)29-22(15-28-6)23(27)18-11-13-19(14-12-18)30-24(31)33-25(3,4)5/h7-16,29H,2,27H2,1,3-6H3,(H,30,31)/b23-22+,28-15?. The van der Waals surface area contributed by atoms with E-state index in [1.54, 1.807) is 64.4 Å². The molecule has 2 aromatic carbocycles. The van der Waals surface area contributed by atoms with Crippen LogP contribution in [-0.2, 0) is 9.47 Å². The third kappa shape index (κ3) is 8.20. The van der Waals surface area contributed by atoms with E-state index in [-0.39, 0.29) is 6.10 Å². The fourth-order valence-corrected chi connectivity index (χ4v) is 3.16. The van der Waals surface area contributed by atoms with E-state index < -0.39 is 11.7 Å². The highest BCUT2D eigenvalue weighted by Crippen LogP contribution is 2.26. The van der Waals surface area contributed by atoms with Gasteiger partial charge in [0.15, 0.2) is 5.88 Å². The van der Waals surface area contributed by atoms with Crippen molar-refractivity contribution in [2.45, 2.75) is 39.4 Å². The summed E-state index contributed by atoms with van der Waals surface area (Å²) in [7, 11) is 1.64. The minimum atomic E-state index is -0.578. The molecule has 0 aliphatic carbocycles. The molecule has 0 saturated carbocycles. The zero-order valence-corrected chi connectivity index (χ0v) is 20.4. The zero-order chi connectivity index (χ0) is 24.6. The van der Waals surface area contributed by atoms with Crippen LogP contribution in [0.2, 0.25) is 5.02 Å². The topological polar surface area (TPSA) is 98.0 Å². The predicted molar refractivity (Wildman–Crippen MR) is 135 cm³/mol. The number of nitrogens with zero attached hydrogens (tertiary/aromatic N) is 1. The first-order valence-electron chi connectivity index (χ1n) is 10.4. The lowest BCUT2D eigenvalue weighted by Crippen LogP contribution is -2.27. The van der Waals surface area contributed by atoms with Crippen molar-refractivity contribution in [3.8, 4) is 0 Å². The second-order valence-electron chi connectivity index (χ2n) is 8.25. The van der Waals surface area contributed by atoms with E-state index in [2.05, 4.69) is 22.2 Å². The van der Waals surface area contributed by atoms with Gasteiger partial charge in [0.25, 0.3) is 0 Å². The quantitative estimate of drug-likeness (QED) is 0.332. The SMILES string of the molecule is C=C(N/C(C=NC)=C(/N)c1ccc(NC(=O)OC(C)(C)C)cc1)OC(C)c1ccccc1Cl. The van der Waals surface area contributed by atoms with Gasteiger partial charge in [-0.1, -0.05) is 41.9 Å². The number of carbonyl (C=O) groups is 1. The Morgan fingerprint density at radius 1 is 1.18 bits per heavy atom. The first-order chi connectivity index (χ1) is 15.5. The summed E-state index contributed by atoms with van der Waals surface area (Å²) in [6.45, 7) is 11.2. The van der Waals surface area contributed by atoms with Gasteiger partial charge in [0.2, 0.25) is 0 Å². The molecule has 2 rings (SSSR count). The average Bonchev–Trinajstić information content (AvgIpc) is 2.72. The number of anilines is 1. The molecule has 0 aromatic heterocycles. The molecule has 0 saturated heterocycles. The van der Waals surface area contributed by atoms with Crippen molar-refractivity contribution in [1.29, 1.82) is 0 Å². The van der Waals surface area contributed by atoms with Crippen LogP contribution >= 0.6 is 11.6 Å². The minimum Gasteiger partial charge on any atom is -0.472 e. The van der Waals surface area contributed by atoms with Crippen molar-refractivity contribution in [3.05, 3.63) is 82.8 Å². The van der Waals surface area contributed by atoms with Gasteiger partial charge in [0.1, 0.15) is 11.7 Å². The molecule has 8 heteroatoms. The maximum Gasteiger partial charge on any atom is 0.412 e. The molecule has 0 bridgehead atoms. The molecule has 1 amide bonds. The molecule has 0 aliphatic heterocycles. The lowest BCUT2D eigenvalue weighted by atomic mass is 10.1. The minimum absolute atomic E-state index is 0.295. The van der Waals surface area contributed by atoms with E-state index in [4.69, 9.17) is 26.8 Å². The van der Waals surface area contributed by atoms with E-state index in [1.165, 1.54) is 0 Å². The Bertz CT molecular complexity index is 1040. The number of rotatable bonds is 8. The smallest absolute Gasteiger partial charge is 0.412 e. The number of hydrogen-bond acceptors (Lipinski definition) is 6. The number of nitrogens with two attached hydrogens (primary N) is 1. The van der Waals surface area contributed by atoms with E-state index in [9.17, 15) is 4.79 Å². The van der Waals surface area contributed by atoms with Crippen LogP contribution in [0.5, 0.6) is 0 Å². The number of carbonyl (C=O) groups excluding carboxylic acids is 1. The average molecular weight is 471 g/mol. The van der Waals surface area contributed by atoms with E-state index >= 15 is 0 Å². The Morgan fingerprint density at radius 3 is 2.39 bits per heavy atom. The summed E-state index contributed by atoms with van der Waals surface area (Å²) in [5.41, 5.74) is 8.89. The number of nitrogens with one attached hydrogen (secondary N) is 2. The molecule has 1 atom stereocenters. The lowest BCUT2D eigenvalue weighted by molar-refractivity contribution is 0.0636. The third-order valence-corrected chi connectivity index (χ3v) is 4.67. The summed E-state index contributed by atoms with van der Waals surface area (Å²) in [6, 6.07) is 14.5. The van der Waals surface area contributed by atoms with Crippen LogP contribution in [-0.4, -0.2) is 25.0 Å². The Labute approximate surface area is 200 Å². The molecular weight excluding hydrogens is 440 g/mol. The Morgan fingerprint density at radius 2 is 1.82 bits per heavy atom. The molecule has 0 spiro atoms. The zero-order valence-electron chi connectivity index (χ0n) is 19.6. The summed E-state index contributed by atoms with van der Waals surface area (Å²) < 4.78 is 11.1. The number of allylic oxidation sites excluding steroid dienone is 1. The van der Waals surface area contributed by atoms with Crippen LogP contribution in [0, 0.1) is 0 Å². The second-order valence-corrected chi connectivity index (χ2v) is 8.66.